The smallest absolute Gasteiger partial charge is 0.164 e. The zero-order valence-electron chi connectivity index (χ0n) is 32.0. The van der Waals surface area contributed by atoms with Crippen LogP contribution in [0.1, 0.15) is 51.7 Å². The third kappa shape index (κ3) is 5.14. The highest BCUT2D eigenvalue weighted by atomic mass is 32.1. The summed E-state index contributed by atoms with van der Waals surface area (Å²) in [5.74, 6) is 1.97. The second kappa shape index (κ2) is 12.2. The maximum absolute atomic E-state index is 5.26. The van der Waals surface area contributed by atoms with Gasteiger partial charge in [0, 0.05) is 53.3 Å². The molecule has 10 aromatic rings. The molecule has 0 unspecified atom stereocenters. The number of benzene rings is 7. The summed E-state index contributed by atoms with van der Waals surface area (Å²) in [6, 6.07) is 52.6. The highest BCUT2D eigenvalue weighted by molar-refractivity contribution is 7.25. The third-order valence-electron chi connectivity index (χ3n) is 12.3. The topological polar surface area (TPSA) is 43.6 Å². The highest BCUT2D eigenvalue weighted by Gasteiger charge is 2.38. The van der Waals surface area contributed by atoms with E-state index in [1.807, 2.05) is 11.3 Å². The summed E-state index contributed by atoms with van der Waals surface area (Å²) in [5.41, 5.74) is 9.58. The number of aromatic nitrogens is 4. The highest BCUT2D eigenvalue weighted by Crippen LogP contribution is 2.48. The van der Waals surface area contributed by atoms with Crippen LogP contribution in [-0.4, -0.2) is 19.5 Å². The molecule has 0 bridgehead atoms. The van der Waals surface area contributed by atoms with Gasteiger partial charge in [0.15, 0.2) is 17.5 Å². The van der Waals surface area contributed by atoms with E-state index in [1.54, 1.807) is 0 Å². The Bertz CT molecular complexity index is 3210. The molecule has 0 fully saturated rings. The summed E-state index contributed by atoms with van der Waals surface area (Å²) in [4.78, 5) is 15.7. The molecule has 11 rings (SSSR count). The van der Waals surface area contributed by atoms with Crippen LogP contribution in [0.25, 0.3) is 92.6 Å². The van der Waals surface area contributed by atoms with Gasteiger partial charge in [0.05, 0.1) is 11.0 Å². The van der Waals surface area contributed by atoms with E-state index in [-0.39, 0.29) is 10.8 Å². The van der Waals surface area contributed by atoms with Gasteiger partial charge in [-0.25, -0.2) is 15.0 Å². The minimum atomic E-state index is 0.0970. The average molecular weight is 741 g/mol. The predicted molar refractivity (Wildman–Crippen MR) is 236 cm³/mol. The van der Waals surface area contributed by atoms with Crippen LogP contribution in [0, 0.1) is 0 Å². The Balaban J connectivity index is 1.13. The van der Waals surface area contributed by atoms with Crippen molar-refractivity contribution in [1.29, 1.82) is 0 Å². The Labute approximate surface area is 330 Å². The second-order valence-corrected chi connectivity index (χ2v) is 17.8. The van der Waals surface area contributed by atoms with E-state index in [2.05, 4.69) is 178 Å². The summed E-state index contributed by atoms with van der Waals surface area (Å²) >= 11 is 1.82. The van der Waals surface area contributed by atoms with Crippen LogP contribution in [0.4, 0.5) is 0 Å². The van der Waals surface area contributed by atoms with E-state index >= 15 is 0 Å². The molecule has 3 aromatic heterocycles. The fraction of sp³-hybridized carbons (Fsp3) is 0.157. The lowest BCUT2D eigenvalue weighted by molar-refractivity contribution is 0.332. The molecule has 7 aromatic carbocycles. The van der Waals surface area contributed by atoms with E-state index in [9.17, 15) is 0 Å². The lowest BCUT2D eigenvalue weighted by Crippen LogP contribution is -2.33. The quantitative estimate of drug-likeness (QED) is 0.180. The summed E-state index contributed by atoms with van der Waals surface area (Å²) < 4.78 is 4.97. The minimum absolute atomic E-state index is 0.0970. The van der Waals surface area contributed by atoms with E-state index in [4.69, 9.17) is 15.0 Å². The lowest BCUT2D eigenvalue weighted by atomic mass is 9.63. The van der Waals surface area contributed by atoms with E-state index in [0.29, 0.717) is 17.5 Å². The summed E-state index contributed by atoms with van der Waals surface area (Å²) in [7, 11) is 0. The first kappa shape index (κ1) is 33.2. The van der Waals surface area contributed by atoms with Crippen molar-refractivity contribution in [2.24, 2.45) is 0 Å². The fourth-order valence-corrected chi connectivity index (χ4v) is 10.2. The van der Waals surface area contributed by atoms with E-state index < -0.39 is 0 Å². The molecule has 0 N–H and O–H groups in total. The molecule has 56 heavy (non-hydrogen) atoms. The molecule has 0 amide bonds. The van der Waals surface area contributed by atoms with Crippen molar-refractivity contribution >= 4 is 64.1 Å². The van der Waals surface area contributed by atoms with Gasteiger partial charge in [-0.2, -0.15) is 0 Å². The molecule has 0 spiro atoms. The van der Waals surface area contributed by atoms with Gasteiger partial charge in [0.2, 0.25) is 0 Å². The fourth-order valence-electron chi connectivity index (χ4n) is 9.13. The second-order valence-electron chi connectivity index (χ2n) is 16.7. The first-order valence-corrected chi connectivity index (χ1v) is 20.4. The van der Waals surface area contributed by atoms with Crippen molar-refractivity contribution in [3.8, 4) is 39.9 Å². The van der Waals surface area contributed by atoms with Crippen molar-refractivity contribution < 1.29 is 0 Å². The number of hydrogen-bond donors (Lipinski definition) is 0. The first-order valence-electron chi connectivity index (χ1n) is 19.6. The van der Waals surface area contributed by atoms with Gasteiger partial charge in [-0.15, -0.1) is 11.3 Å². The molecule has 270 valence electrons. The van der Waals surface area contributed by atoms with Crippen molar-refractivity contribution in [1.82, 2.24) is 19.5 Å². The van der Waals surface area contributed by atoms with Gasteiger partial charge >= 0.3 is 0 Å². The molecular weight excluding hydrogens is 701 g/mol. The Morgan fingerprint density at radius 1 is 0.464 bits per heavy atom. The Morgan fingerprint density at radius 2 is 1.09 bits per heavy atom. The van der Waals surface area contributed by atoms with Crippen LogP contribution in [0.2, 0.25) is 0 Å². The average Bonchev–Trinajstić information content (AvgIpc) is 3.77. The standard InChI is InChI=1S/C51H40N4S/c1-50(2)25-26-51(3,4)42-30-44-39(29-41(42)50)36-18-7-9-21-43(36)55(44)34-16-11-15-32(27-34)47-52-48(33-23-24-46-40(28-33)37-19-8-10-22-45(37)56-46)54-49(53-47)38-20-12-14-31-13-5-6-17-35(31)38/h5-24,27-30H,25-26H2,1-4H3. The summed E-state index contributed by atoms with van der Waals surface area (Å²) in [6.45, 7) is 9.63. The monoisotopic (exact) mass is 740 g/mol. The van der Waals surface area contributed by atoms with Crippen LogP contribution in [0.3, 0.4) is 0 Å². The van der Waals surface area contributed by atoms with Gasteiger partial charge in [-0.3, -0.25) is 0 Å². The zero-order valence-corrected chi connectivity index (χ0v) is 32.8. The molecule has 0 saturated carbocycles. The number of hydrogen-bond acceptors (Lipinski definition) is 4. The Kier molecular flexibility index (Phi) is 7.21. The number of nitrogens with zero attached hydrogens (tertiary/aromatic N) is 4. The van der Waals surface area contributed by atoms with Crippen molar-refractivity contribution in [3.63, 3.8) is 0 Å². The van der Waals surface area contributed by atoms with Crippen LogP contribution < -0.4 is 0 Å². The molecular formula is C51H40N4S. The molecule has 0 aliphatic heterocycles. The molecule has 1 aliphatic rings. The van der Waals surface area contributed by atoms with Crippen molar-refractivity contribution in [2.45, 2.75) is 51.4 Å². The van der Waals surface area contributed by atoms with Crippen LogP contribution in [0.5, 0.6) is 0 Å². The Hall–Kier alpha value is -6.17. The van der Waals surface area contributed by atoms with Gasteiger partial charge in [-0.1, -0.05) is 119 Å². The largest absolute Gasteiger partial charge is 0.309 e. The zero-order chi connectivity index (χ0) is 37.8. The number of thiophene rings is 1. The minimum Gasteiger partial charge on any atom is -0.309 e. The third-order valence-corrected chi connectivity index (χ3v) is 13.5. The maximum Gasteiger partial charge on any atom is 0.164 e. The molecule has 4 nitrogen and oxygen atoms in total. The summed E-state index contributed by atoms with van der Waals surface area (Å²) in [6.07, 6.45) is 2.36. The van der Waals surface area contributed by atoms with Gasteiger partial charge in [-0.05, 0) is 100 Å². The normalized spacial score (nSPS) is 14.9. The lowest BCUT2D eigenvalue weighted by Gasteiger charge is -2.42. The van der Waals surface area contributed by atoms with E-state index in [0.717, 1.165) is 33.2 Å². The number of fused-ring (bicyclic) bond motifs is 8. The number of rotatable bonds is 4. The first-order chi connectivity index (χ1) is 27.2. The SMILES string of the molecule is CC1(C)CCC(C)(C)c2cc3c(cc21)c1ccccc1n3-c1cccc(-c2nc(-c3ccc4sc5ccccc5c4c3)nc(-c3cccc4ccccc34)n2)c1. The molecule has 1 aliphatic carbocycles. The molecule has 3 heterocycles. The Morgan fingerprint density at radius 3 is 1.91 bits per heavy atom. The van der Waals surface area contributed by atoms with Crippen LogP contribution in [0.15, 0.2) is 146 Å². The van der Waals surface area contributed by atoms with Crippen molar-refractivity contribution in [2.75, 3.05) is 0 Å². The van der Waals surface area contributed by atoms with E-state index in [1.165, 1.54) is 65.9 Å². The molecule has 0 radical (unpaired) electrons. The summed E-state index contributed by atoms with van der Waals surface area (Å²) in [5, 5.41) is 7.32. The van der Waals surface area contributed by atoms with Gasteiger partial charge in [0.1, 0.15) is 0 Å². The molecule has 0 saturated heterocycles. The molecule has 5 heteroatoms. The maximum atomic E-state index is 5.26. The van der Waals surface area contributed by atoms with Crippen LogP contribution >= 0.6 is 11.3 Å². The molecule has 0 atom stereocenters. The van der Waals surface area contributed by atoms with Crippen LogP contribution in [-0.2, 0) is 10.8 Å². The van der Waals surface area contributed by atoms with Gasteiger partial charge < -0.3 is 4.57 Å². The predicted octanol–water partition coefficient (Wildman–Crippen LogP) is 13.8. The van der Waals surface area contributed by atoms with Crippen molar-refractivity contribution in [3.05, 3.63) is 157 Å². The number of para-hydroxylation sites is 1. The van der Waals surface area contributed by atoms with Gasteiger partial charge in [0.25, 0.3) is 0 Å².